The first-order chi connectivity index (χ1) is 12.3. The van der Waals surface area contributed by atoms with Gasteiger partial charge >= 0.3 is 0 Å². The minimum Gasteiger partial charge on any atom is -0.484 e. The first-order valence-electron chi connectivity index (χ1n) is 8.83. The summed E-state index contributed by atoms with van der Waals surface area (Å²) in [7, 11) is 0. The van der Waals surface area contributed by atoms with Gasteiger partial charge in [0.15, 0.2) is 6.61 Å². The third-order valence-corrected chi connectivity index (χ3v) is 6.10. The smallest absolute Gasteiger partial charge is 0.261 e. The first kappa shape index (κ1) is 19.1. The molecule has 1 aromatic heterocycles. The van der Waals surface area contributed by atoms with Crippen LogP contribution in [-0.2, 0) is 11.3 Å². The van der Waals surface area contributed by atoms with Gasteiger partial charge in [-0.15, -0.1) is 23.7 Å². The van der Waals surface area contributed by atoms with Crippen molar-refractivity contribution in [1.82, 2.24) is 15.2 Å². The van der Waals surface area contributed by atoms with Crippen LogP contribution in [0.25, 0.3) is 0 Å². The molecule has 1 aromatic carbocycles. The van der Waals surface area contributed by atoms with E-state index in [4.69, 9.17) is 4.74 Å². The number of aromatic nitrogens is 1. The van der Waals surface area contributed by atoms with E-state index in [9.17, 15) is 4.79 Å². The number of halogens is 1. The average molecular weight is 394 g/mol. The summed E-state index contributed by atoms with van der Waals surface area (Å²) in [5.74, 6) is 0.789. The number of ether oxygens (including phenoxy) is 1. The maximum atomic E-state index is 12.9. The van der Waals surface area contributed by atoms with E-state index >= 15 is 0 Å². The molecule has 7 heteroatoms. The molecule has 1 saturated carbocycles. The van der Waals surface area contributed by atoms with Gasteiger partial charge < -0.3 is 15.0 Å². The third-order valence-electron chi connectivity index (χ3n) is 5.34. The van der Waals surface area contributed by atoms with Gasteiger partial charge in [0, 0.05) is 17.6 Å². The van der Waals surface area contributed by atoms with Gasteiger partial charge in [0.1, 0.15) is 10.8 Å². The quantitative estimate of drug-likeness (QED) is 0.819. The van der Waals surface area contributed by atoms with Crippen LogP contribution in [0, 0.1) is 5.41 Å². The summed E-state index contributed by atoms with van der Waals surface area (Å²) in [4.78, 5) is 19.3. The van der Waals surface area contributed by atoms with Crippen molar-refractivity contribution >= 4 is 29.7 Å². The Balaban J connectivity index is 0.00000196. The Kier molecular flexibility index (Phi) is 6.16. The van der Waals surface area contributed by atoms with Gasteiger partial charge in [0.05, 0.1) is 6.54 Å². The number of carbonyl (C=O) groups excluding carboxylic acids is 1. The molecule has 2 heterocycles. The molecule has 1 unspecified atom stereocenters. The molecule has 5 nitrogen and oxygen atoms in total. The zero-order valence-corrected chi connectivity index (χ0v) is 16.2. The van der Waals surface area contributed by atoms with Gasteiger partial charge in [-0.2, -0.15) is 0 Å². The lowest BCUT2D eigenvalue weighted by Gasteiger charge is -2.29. The molecule has 2 fully saturated rings. The second-order valence-corrected chi connectivity index (χ2v) is 7.86. The summed E-state index contributed by atoms with van der Waals surface area (Å²) < 4.78 is 5.70. The average Bonchev–Trinajstić information content (AvgIpc) is 3.08. The normalized spacial score (nSPS) is 20.2. The molecular formula is C19H24ClN3O2S. The first-order valence-corrected chi connectivity index (χ1v) is 9.71. The van der Waals surface area contributed by atoms with Crippen molar-refractivity contribution in [3.8, 4) is 5.75 Å². The van der Waals surface area contributed by atoms with E-state index in [1.807, 2.05) is 40.6 Å². The van der Waals surface area contributed by atoms with Crippen molar-refractivity contribution < 1.29 is 9.53 Å². The highest BCUT2D eigenvalue weighted by molar-refractivity contribution is 7.09. The van der Waals surface area contributed by atoms with Crippen LogP contribution in [0.4, 0.5) is 0 Å². The highest BCUT2D eigenvalue weighted by Crippen LogP contribution is 2.56. The lowest BCUT2D eigenvalue weighted by Crippen LogP contribution is -2.41. The Labute approximate surface area is 164 Å². The fourth-order valence-electron chi connectivity index (χ4n) is 3.82. The molecule has 1 saturated heterocycles. The number of carbonyl (C=O) groups is 1. The molecule has 2 aromatic rings. The fourth-order valence-corrected chi connectivity index (χ4v) is 4.44. The minimum atomic E-state index is 0. The molecule has 4 rings (SSSR count). The second-order valence-electron chi connectivity index (χ2n) is 6.88. The number of rotatable bonds is 6. The molecule has 140 valence electrons. The zero-order chi connectivity index (χ0) is 17.1. The molecule has 1 aliphatic carbocycles. The predicted molar refractivity (Wildman–Crippen MR) is 105 cm³/mol. The van der Waals surface area contributed by atoms with Crippen molar-refractivity contribution in [3.05, 3.63) is 46.9 Å². The van der Waals surface area contributed by atoms with Crippen LogP contribution in [0.5, 0.6) is 5.75 Å². The van der Waals surface area contributed by atoms with Crippen molar-refractivity contribution in [3.63, 3.8) is 0 Å². The number of benzene rings is 1. The number of hydrogen-bond acceptors (Lipinski definition) is 5. The minimum absolute atomic E-state index is 0. The maximum absolute atomic E-state index is 12.9. The standard InChI is InChI=1S/C19H23N3O2S.ClH/c23-18(14-24-15-4-2-1-3-5-15)22(13-17-21-10-11-25-17)16-12-19(16)6-8-20-9-7-19;/h1-5,10-11,16,20H,6-9,12-14H2;1H. The maximum Gasteiger partial charge on any atom is 0.261 e. The van der Waals surface area contributed by atoms with Gasteiger partial charge in [-0.05, 0) is 49.9 Å². The van der Waals surface area contributed by atoms with Crippen molar-refractivity contribution in [1.29, 1.82) is 0 Å². The summed E-state index contributed by atoms with van der Waals surface area (Å²) in [6, 6.07) is 9.85. The van der Waals surface area contributed by atoms with E-state index in [1.54, 1.807) is 17.5 Å². The van der Waals surface area contributed by atoms with Crippen LogP contribution in [-0.4, -0.2) is 41.5 Å². The Morgan fingerprint density at radius 2 is 2.08 bits per heavy atom. The third kappa shape index (κ3) is 4.19. The van der Waals surface area contributed by atoms with Crippen LogP contribution in [0.15, 0.2) is 41.9 Å². The summed E-state index contributed by atoms with van der Waals surface area (Å²) in [5, 5.41) is 6.38. The van der Waals surface area contributed by atoms with E-state index in [1.165, 1.54) is 0 Å². The van der Waals surface area contributed by atoms with Crippen molar-refractivity contribution in [2.24, 2.45) is 5.41 Å². The van der Waals surface area contributed by atoms with Gasteiger partial charge in [0.2, 0.25) is 0 Å². The van der Waals surface area contributed by atoms with Crippen molar-refractivity contribution in [2.75, 3.05) is 19.7 Å². The Morgan fingerprint density at radius 1 is 1.31 bits per heavy atom. The van der Waals surface area contributed by atoms with Crippen LogP contribution >= 0.6 is 23.7 Å². The molecule has 0 bridgehead atoms. The Morgan fingerprint density at radius 3 is 2.77 bits per heavy atom. The molecule has 0 radical (unpaired) electrons. The van der Waals surface area contributed by atoms with E-state index < -0.39 is 0 Å². The van der Waals surface area contributed by atoms with Crippen LogP contribution in [0.1, 0.15) is 24.3 Å². The number of nitrogens with zero attached hydrogens (tertiary/aromatic N) is 2. The van der Waals surface area contributed by atoms with Crippen LogP contribution in [0.3, 0.4) is 0 Å². The number of amides is 1. The molecular weight excluding hydrogens is 370 g/mol. The molecule has 2 aliphatic rings. The van der Waals surface area contributed by atoms with E-state index in [2.05, 4.69) is 10.3 Å². The fraction of sp³-hybridized carbons (Fsp3) is 0.474. The Hall–Kier alpha value is -1.63. The highest BCUT2D eigenvalue weighted by atomic mass is 35.5. The number of nitrogens with one attached hydrogen (secondary N) is 1. The van der Waals surface area contributed by atoms with Crippen LogP contribution in [0.2, 0.25) is 0 Å². The summed E-state index contributed by atoms with van der Waals surface area (Å²) >= 11 is 1.61. The Bertz CT molecular complexity index is 705. The number of piperidine rings is 1. The zero-order valence-electron chi connectivity index (χ0n) is 14.6. The molecule has 1 atom stereocenters. The SMILES string of the molecule is Cl.O=C(COc1ccccc1)N(Cc1nccs1)C1CC12CCNCC2. The predicted octanol–water partition coefficient (Wildman–Crippen LogP) is 3.11. The van der Waals surface area contributed by atoms with Gasteiger partial charge in [-0.25, -0.2) is 4.98 Å². The lowest BCUT2D eigenvalue weighted by atomic mass is 9.93. The van der Waals surface area contributed by atoms with E-state index in [0.717, 1.165) is 43.1 Å². The summed E-state index contributed by atoms with van der Waals surface area (Å²) in [6.07, 6.45) is 5.21. The molecule has 1 amide bonds. The van der Waals surface area contributed by atoms with Gasteiger partial charge in [-0.3, -0.25) is 4.79 Å². The molecule has 1 spiro atoms. The van der Waals surface area contributed by atoms with Gasteiger partial charge in [0.25, 0.3) is 5.91 Å². The summed E-state index contributed by atoms with van der Waals surface area (Å²) in [5.41, 5.74) is 0.310. The topological polar surface area (TPSA) is 54.5 Å². The number of thiazole rings is 1. The van der Waals surface area contributed by atoms with E-state index in [-0.39, 0.29) is 24.9 Å². The molecule has 1 aliphatic heterocycles. The lowest BCUT2D eigenvalue weighted by molar-refractivity contribution is -0.135. The summed E-state index contributed by atoms with van der Waals surface area (Å²) in [6.45, 7) is 2.78. The second kappa shape index (κ2) is 8.37. The largest absolute Gasteiger partial charge is 0.484 e. The van der Waals surface area contributed by atoms with Crippen LogP contribution < -0.4 is 10.1 Å². The van der Waals surface area contributed by atoms with Gasteiger partial charge in [-0.1, -0.05) is 18.2 Å². The number of para-hydroxylation sites is 1. The number of hydrogen-bond donors (Lipinski definition) is 1. The monoisotopic (exact) mass is 393 g/mol. The molecule has 1 N–H and O–H groups in total. The van der Waals surface area contributed by atoms with E-state index in [0.29, 0.717) is 18.0 Å². The molecule has 26 heavy (non-hydrogen) atoms. The van der Waals surface area contributed by atoms with Crippen molar-refractivity contribution in [2.45, 2.75) is 31.8 Å². The highest BCUT2D eigenvalue weighted by Gasteiger charge is 2.57.